The smallest absolute Gasteiger partial charge is 0.344 e. The number of aliphatic hydroxyl groups excluding tert-OH is 3. The van der Waals surface area contributed by atoms with Gasteiger partial charge in [0.15, 0.2) is 6.61 Å². The zero-order valence-electron chi connectivity index (χ0n) is 34.5. The van der Waals surface area contributed by atoms with Crippen molar-refractivity contribution in [1.29, 1.82) is 0 Å². The monoisotopic (exact) mass is 753 g/mol. The van der Waals surface area contributed by atoms with E-state index in [4.69, 9.17) is 9.47 Å². The molecular formula is C46H72O8. The van der Waals surface area contributed by atoms with Gasteiger partial charge < -0.3 is 24.8 Å². The van der Waals surface area contributed by atoms with Crippen molar-refractivity contribution in [2.75, 3.05) is 6.61 Å². The van der Waals surface area contributed by atoms with Gasteiger partial charge in [0.25, 0.3) is 0 Å². The van der Waals surface area contributed by atoms with Gasteiger partial charge in [-0.3, -0.25) is 9.59 Å². The van der Waals surface area contributed by atoms with E-state index in [0.717, 1.165) is 70.6 Å². The van der Waals surface area contributed by atoms with Crippen molar-refractivity contribution in [3.63, 3.8) is 0 Å². The lowest BCUT2D eigenvalue weighted by Gasteiger charge is -2.62. The first kappa shape index (κ1) is 40.4. The van der Waals surface area contributed by atoms with Crippen molar-refractivity contribution < 1.29 is 39.2 Å². The van der Waals surface area contributed by atoms with Gasteiger partial charge in [-0.05, 0) is 147 Å². The van der Waals surface area contributed by atoms with Gasteiger partial charge >= 0.3 is 11.9 Å². The van der Waals surface area contributed by atoms with Crippen molar-refractivity contribution in [2.24, 2.45) is 80.3 Å². The Balaban J connectivity index is 0.964. The van der Waals surface area contributed by atoms with Crippen LogP contribution in [0.5, 0.6) is 0 Å². The van der Waals surface area contributed by atoms with Crippen LogP contribution in [-0.2, 0) is 23.9 Å². The van der Waals surface area contributed by atoms with Crippen LogP contribution in [0.3, 0.4) is 0 Å². The summed E-state index contributed by atoms with van der Waals surface area (Å²) in [5, 5.41) is 33.9. The molecule has 0 spiro atoms. The lowest BCUT2D eigenvalue weighted by atomic mass is 9.43. The highest BCUT2D eigenvalue weighted by molar-refractivity contribution is 5.86. The van der Waals surface area contributed by atoms with Crippen molar-refractivity contribution in [2.45, 2.75) is 169 Å². The van der Waals surface area contributed by atoms with Crippen LogP contribution >= 0.6 is 0 Å². The number of aliphatic hydroxyl groups is 3. The Morgan fingerprint density at radius 3 is 2.30 bits per heavy atom. The van der Waals surface area contributed by atoms with E-state index in [1.165, 1.54) is 0 Å². The number of Topliss-reactive ketones (excluding diaryl/α,β-unsaturated/α-hetero) is 1. The highest BCUT2D eigenvalue weighted by atomic mass is 16.6. The Bertz CT molecular complexity index is 1480. The van der Waals surface area contributed by atoms with Crippen molar-refractivity contribution in [3.05, 3.63) is 12.7 Å². The van der Waals surface area contributed by atoms with E-state index < -0.39 is 41.6 Å². The maximum atomic E-state index is 13.7. The summed E-state index contributed by atoms with van der Waals surface area (Å²) in [6.45, 7) is 19.2. The van der Waals surface area contributed by atoms with Crippen molar-refractivity contribution in [3.8, 4) is 0 Å². The van der Waals surface area contributed by atoms with Crippen LogP contribution in [0.1, 0.15) is 145 Å². The number of carbonyl (C=O) groups is 3. The van der Waals surface area contributed by atoms with Crippen LogP contribution in [0, 0.1) is 80.3 Å². The Morgan fingerprint density at radius 1 is 0.889 bits per heavy atom. The van der Waals surface area contributed by atoms with Gasteiger partial charge in [0.05, 0.1) is 18.3 Å². The molecule has 0 aromatic heterocycles. The minimum absolute atomic E-state index is 0.109. The molecule has 304 valence electrons. The molecule has 7 aliphatic rings. The molecule has 7 aliphatic carbocycles. The minimum Gasteiger partial charge on any atom is -0.459 e. The van der Waals surface area contributed by atoms with Crippen molar-refractivity contribution >= 4 is 17.7 Å². The molecule has 0 aliphatic heterocycles. The molecule has 0 heterocycles. The summed E-state index contributed by atoms with van der Waals surface area (Å²) in [5.74, 6) is 1.52. The molecule has 7 fully saturated rings. The van der Waals surface area contributed by atoms with Crippen molar-refractivity contribution in [1.82, 2.24) is 0 Å². The number of fused-ring (bicyclic) bond motifs is 5. The largest absolute Gasteiger partial charge is 0.459 e. The van der Waals surface area contributed by atoms with Gasteiger partial charge in [-0.1, -0.05) is 54.5 Å². The van der Waals surface area contributed by atoms with E-state index in [1.807, 2.05) is 6.92 Å². The number of hydrogen-bond acceptors (Lipinski definition) is 8. The molecule has 18 atom stereocenters. The van der Waals surface area contributed by atoms with Crippen LogP contribution in [0.25, 0.3) is 0 Å². The SMILES string of the molecule is C=C[C@]1(C)C[C@@H](OC(=O)COC(=O)CC[C@@H](C)[C@H]2CCC3[C@@H]4[C@@H](O)C[C@@H]5C[C@H](O)CC[C@]5(C)[C@H]4CC[C@@]32C)[C@]2(C)CC[C@@H](C)[C@@]3(CCC(=O)[C@@H]23)[C@@H](C)[C@@H]1O. The summed E-state index contributed by atoms with van der Waals surface area (Å²) in [5.41, 5.74) is -1.35. The Labute approximate surface area is 325 Å². The average Bonchev–Trinajstić information content (AvgIpc) is 3.69. The van der Waals surface area contributed by atoms with E-state index in [0.29, 0.717) is 54.8 Å². The number of rotatable bonds is 8. The molecule has 54 heavy (non-hydrogen) atoms. The van der Waals surface area contributed by atoms with Gasteiger partial charge in [-0.15, -0.1) is 6.58 Å². The van der Waals surface area contributed by atoms with Gasteiger partial charge in [-0.2, -0.15) is 0 Å². The predicted octanol–water partition coefficient (Wildman–Crippen LogP) is 7.84. The topological polar surface area (TPSA) is 130 Å². The number of ether oxygens (including phenoxy) is 2. The molecule has 7 rings (SSSR count). The highest BCUT2D eigenvalue weighted by Gasteiger charge is 2.69. The average molecular weight is 753 g/mol. The third-order valence-corrected chi connectivity index (χ3v) is 19.0. The van der Waals surface area contributed by atoms with E-state index >= 15 is 0 Å². The minimum atomic E-state index is -0.739. The van der Waals surface area contributed by atoms with Gasteiger partial charge in [0.1, 0.15) is 11.9 Å². The lowest BCUT2D eigenvalue weighted by molar-refractivity contribution is -0.207. The highest BCUT2D eigenvalue weighted by Crippen LogP contribution is 2.70. The first-order chi connectivity index (χ1) is 25.4. The second-order valence-corrected chi connectivity index (χ2v) is 21.2. The summed E-state index contributed by atoms with van der Waals surface area (Å²) in [6, 6.07) is 0. The van der Waals surface area contributed by atoms with Gasteiger partial charge in [0.2, 0.25) is 0 Å². The molecule has 8 nitrogen and oxygen atoms in total. The molecule has 0 radical (unpaired) electrons. The van der Waals surface area contributed by atoms with Crippen LogP contribution in [-0.4, -0.2) is 64.1 Å². The Kier molecular flexibility index (Phi) is 10.7. The van der Waals surface area contributed by atoms with E-state index in [1.54, 1.807) is 6.08 Å². The maximum Gasteiger partial charge on any atom is 0.344 e. The second kappa shape index (κ2) is 14.3. The normalized spacial score (nSPS) is 51.7. The zero-order valence-corrected chi connectivity index (χ0v) is 34.5. The maximum absolute atomic E-state index is 13.7. The molecule has 0 amide bonds. The molecular weight excluding hydrogens is 680 g/mol. The number of ketones is 1. The molecule has 0 aromatic carbocycles. The van der Waals surface area contributed by atoms with E-state index in [-0.39, 0.29) is 58.4 Å². The first-order valence-corrected chi connectivity index (χ1v) is 21.9. The third kappa shape index (κ3) is 6.10. The molecule has 0 saturated heterocycles. The van der Waals surface area contributed by atoms with E-state index in [9.17, 15) is 29.7 Å². The standard InChI is InChI=1S/C46H72O8/c1-9-42(5)24-36(45(8)18-14-27(3)46(28(4)41(42)52)21-17-34(48)40(45)46)54-38(51)25-53-37(50)13-10-26(2)31-11-12-32-39-33(16-20-44(31,32)7)43(6)19-15-30(47)22-29(43)23-35(39)49/h9,26-33,35-36,39-41,47,49,52H,1,10-25H2,2-8H3/t26-,27-,28+,29+,30-,31-,32?,33+,35+,36-,39+,40+,41+,42-,43+,44-,45+,46+/m1/s1. The predicted molar refractivity (Wildman–Crippen MR) is 207 cm³/mol. The molecule has 1 unspecified atom stereocenters. The Morgan fingerprint density at radius 2 is 1.57 bits per heavy atom. The fraction of sp³-hybridized carbons (Fsp3) is 0.891. The summed E-state index contributed by atoms with van der Waals surface area (Å²) >= 11 is 0. The number of carbonyl (C=O) groups excluding carboxylic acids is 3. The summed E-state index contributed by atoms with van der Waals surface area (Å²) < 4.78 is 11.8. The summed E-state index contributed by atoms with van der Waals surface area (Å²) in [7, 11) is 0. The fourth-order valence-corrected chi connectivity index (χ4v) is 15.8. The molecule has 8 heteroatoms. The third-order valence-electron chi connectivity index (χ3n) is 19.0. The summed E-state index contributed by atoms with van der Waals surface area (Å²) in [6.07, 6.45) is 12.1. The second-order valence-electron chi connectivity index (χ2n) is 21.2. The van der Waals surface area contributed by atoms with Gasteiger partial charge in [0, 0.05) is 29.6 Å². The Hall–Kier alpha value is -1.77. The van der Waals surface area contributed by atoms with Crippen LogP contribution in [0.15, 0.2) is 12.7 Å². The molecule has 0 aromatic rings. The zero-order chi connectivity index (χ0) is 39.2. The van der Waals surface area contributed by atoms with Crippen LogP contribution in [0.2, 0.25) is 0 Å². The number of hydrogen-bond donors (Lipinski definition) is 3. The summed E-state index contributed by atoms with van der Waals surface area (Å²) in [4.78, 5) is 40.4. The van der Waals surface area contributed by atoms with Crippen LogP contribution < -0.4 is 0 Å². The lowest BCUT2D eigenvalue weighted by Crippen LogP contribution is -2.63. The number of esters is 2. The van der Waals surface area contributed by atoms with Crippen LogP contribution in [0.4, 0.5) is 0 Å². The fourth-order valence-electron chi connectivity index (χ4n) is 15.8. The quantitative estimate of drug-likeness (QED) is 0.169. The molecule has 2 bridgehead atoms. The van der Waals surface area contributed by atoms with E-state index in [2.05, 4.69) is 48.1 Å². The first-order valence-electron chi connectivity index (χ1n) is 21.9. The molecule has 7 saturated carbocycles. The van der Waals surface area contributed by atoms with Gasteiger partial charge in [-0.25, -0.2) is 4.79 Å². The molecule has 3 N–H and O–H groups in total.